The molecule has 0 aromatic carbocycles. The van der Waals surface area contributed by atoms with Crippen molar-refractivity contribution in [2.24, 2.45) is 4.99 Å². The predicted molar refractivity (Wildman–Crippen MR) is 68.5 cm³/mol. The van der Waals surface area contributed by atoms with Gasteiger partial charge in [0.15, 0.2) is 5.17 Å². The van der Waals surface area contributed by atoms with E-state index in [-0.39, 0.29) is 12.0 Å². The molecular weight excluding hydrogens is 272 g/mol. The Balaban J connectivity index is 1.71. The summed E-state index contributed by atoms with van der Waals surface area (Å²) in [6.07, 6.45) is -1.28. The topological polar surface area (TPSA) is 94.8 Å². The van der Waals surface area contributed by atoms with Crippen LogP contribution in [0.5, 0.6) is 0 Å². The van der Waals surface area contributed by atoms with Crippen molar-refractivity contribution < 1.29 is 24.9 Å². The monoisotopic (exact) mass is 290 g/mol. The minimum Gasteiger partial charge on any atom is -0.396 e. The summed E-state index contributed by atoms with van der Waals surface area (Å²) < 4.78 is 5.72. The molecular formula is C11H18N2O5S. The van der Waals surface area contributed by atoms with Gasteiger partial charge in [-0.2, -0.15) is 0 Å². The Morgan fingerprint density at radius 3 is 2.89 bits per heavy atom. The summed E-state index contributed by atoms with van der Waals surface area (Å²) >= 11 is 1.40. The number of nitrogens with zero attached hydrogens (tertiary/aromatic N) is 2. The van der Waals surface area contributed by atoms with Crippen molar-refractivity contribution >= 4 is 16.9 Å². The Bertz CT molecular complexity index is 363. The maximum atomic E-state index is 10.1. The highest BCUT2D eigenvalue weighted by Crippen LogP contribution is 2.38. The number of rotatable bonds is 2. The van der Waals surface area contributed by atoms with Gasteiger partial charge in [0.05, 0.1) is 19.3 Å². The molecule has 3 rings (SSSR count). The largest absolute Gasteiger partial charge is 0.396 e. The Hall–Kier alpha value is -0.380. The van der Waals surface area contributed by atoms with Crippen LogP contribution in [0.15, 0.2) is 4.99 Å². The highest BCUT2D eigenvalue weighted by molar-refractivity contribution is 8.14. The molecule has 19 heavy (non-hydrogen) atoms. The van der Waals surface area contributed by atoms with Crippen molar-refractivity contribution in [3.05, 3.63) is 0 Å². The second-order valence-electron chi connectivity index (χ2n) is 4.85. The lowest BCUT2D eigenvalue weighted by Crippen LogP contribution is -2.54. The van der Waals surface area contributed by atoms with Crippen LogP contribution in [-0.4, -0.2) is 75.1 Å². The van der Waals surface area contributed by atoms with Gasteiger partial charge in [-0.1, -0.05) is 11.8 Å². The normalized spacial score (nSPS) is 42.4. The summed E-state index contributed by atoms with van der Waals surface area (Å²) in [5, 5.41) is 31.4. The summed E-state index contributed by atoms with van der Waals surface area (Å²) in [5.74, 6) is 0. The molecule has 108 valence electrons. The van der Waals surface area contributed by atoms with Crippen LogP contribution >= 0.6 is 11.8 Å². The average Bonchev–Trinajstić information content (AvgIpc) is 3.04. The standard InChI is InChI=1S/C11H18N2O5S/c14-4-2-6-8(15)9(16)7-10(18-6)19-11(12-7)13-3-1-5-17-13/h6-10,14-16H,1-5H2/t6-,7-,8-,9-,10-/m1/s1. The molecule has 8 heteroatoms. The van der Waals surface area contributed by atoms with E-state index in [1.807, 2.05) is 0 Å². The molecule has 0 radical (unpaired) electrons. The lowest BCUT2D eigenvalue weighted by molar-refractivity contribution is -0.157. The van der Waals surface area contributed by atoms with E-state index in [0.717, 1.165) is 13.0 Å². The number of aliphatic hydroxyl groups is 3. The fraction of sp³-hybridized carbons (Fsp3) is 0.909. The second-order valence-corrected chi connectivity index (χ2v) is 5.91. The summed E-state index contributed by atoms with van der Waals surface area (Å²) in [4.78, 5) is 9.82. The molecule has 0 aromatic heterocycles. The third kappa shape index (κ3) is 2.48. The SMILES string of the molecule is OCC[C@H]1O[C@@H]2SC(N3CCCO3)=N[C@@H]2[C@@H](O)[C@@H]1O. The van der Waals surface area contributed by atoms with Crippen LogP contribution in [0.4, 0.5) is 0 Å². The van der Waals surface area contributed by atoms with Gasteiger partial charge in [-0.05, 0) is 12.8 Å². The second kappa shape index (κ2) is 5.55. The van der Waals surface area contributed by atoms with Crippen LogP contribution in [0.25, 0.3) is 0 Å². The third-order valence-electron chi connectivity index (χ3n) is 3.53. The smallest absolute Gasteiger partial charge is 0.186 e. The lowest BCUT2D eigenvalue weighted by Gasteiger charge is -2.38. The molecule has 2 saturated heterocycles. The summed E-state index contributed by atoms with van der Waals surface area (Å²) in [6.45, 7) is 1.37. The first-order chi connectivity index (χ1) is 9.20. The fourth-order valence-electron chi connectivity index (χ4n) is 2.50. The Morgan fingerprint density at radius 1 is 1.37 bits per heavy atom. The van der Waals surface area contributed by atoms with Gasteiger partial charge in [-0.25, -0.2) is 5.06 Å². The molecule has 3 heterocycles. The van der Waals surface area contributed by atoms with E-state index in [0.29, 0.717) is 18.2 Å². The molecule has 5 atom stereocenters. The van der Waals surface area contributed by atoms with E-state index in [2.05, 4.69) is 4.99 Å². The summed E-state index contributed by atoms with van der Waals surface area (Å²) in [6, 6.07) is -0.478. The first-order valence-electron chi connectivity index (χ1n) is 6.48. The number of hydrogen-bond acceptors (Lipinski definition) is 8. The number of hydroxylamine groups is 2. The van der Waals surface area contributed by atoms with Gasteiger partial charge in [0.1, 0.15) is 23.7 Å². The molecule has 0 aromatic rings. The first-order valence-corrected chi connectivity index (χ1v) is 7.36. The van der Waals surface area contributed by atoms with Gasteiger partial charge >= 0.3 is 0 Å². The zero-order valence-electron chi connectivity index (χ0n) is 10.4. The van der Waals surface area contributed by atoms with Gasteiger partial charge in [-0.3, -0.25) is 9.83 Å². The molecule has 3 aliphatic rings. The first kappa shape index (κ1) is 13.6. The Morgan fingerprint density at radius 2 is 2.21 bits per heavy atom. The number of ether oxygens (including phenoxy) is 1. The summed E-state index contributed by atoms with van der Waals surface area (Å²) in [5.41, 5.74) is -0.325. The molecule has 0 unspecified atom stereocenters. The maximum absolute atomic E-state index is 10.1. The van der Waals surface area contributed by atoms with Gasteiger partial charge in [-0.15, -0.1) is 0 Å². The van der Waals surface area contributed by atoms with Crippen molar-refractivity contribution in [2.45, 2.75) is 42.6 Å². The Kier molecular flexibility index (Phi) is 3.97. The minimum atomic E-state index is -1.02. The molecule has 0 spiro atoms. The predicted octanol–water partition coefficient (Wildman–Crippen LogP) is -1.08. The molecule has 3 N–H and O–H groups in total. The van der Waals surface area contributed by atoms with E-state index in [1.165, 1.54) is 11.8 Å². The van der Waals surface area contributed by atoms with E-state index in [9.17, 15) is 10.2 Å². The maximum Gasteiger partial charge on any atom is 0.186 e. The molecule has 3 aliphatic heterocycles. The van der Waals surface area contributed by atoms with Crippen LogP contribution < -0.4 is 0 Å². The van der Waals surface area contributed by atoms with Crippen LogP contribution in [0.1, 0.15) is 12.8 Å². The number of hydrogen-bond donors (Lipinski definition) is 3. The molecule has 0 saturated carbocycles. The van der Waals surface area contributed by atoms with Crippen molar-refractivity contribution in [1.82, 2.24) is 5.06 Å². The highest BCUT2D eigenvalue weighted by atomic mass is 32.2. The van der Waals surface area contributed by atoms with E-state index in [4.69, 9.17) is 14.7 Å². The number of amidine groups is 1. The van der Waals surface area contributed by atoms with Crippen molar-refractivity contribution in [2.75, 3.05) is 19.8 Å². The highest BCUT2D eigenvalue weighted by Gasteiger charge is 2.48. The van der Waals surface area contributed by atoms with E-state index < -0.39 is 24.4 Å². The number of aliphatic imine (C=N–C) groups is 1. The average molecular weight is 290 g/mol. The Labute approximate surface area is 115 Å². The van der Waals surface area contributed by atoms with Crippen molar-refractivity contribution in [3.8, 4) is 0 Å². The number of fused-ring (bicyclic) bond motifs is 1. The van der Waals surface area contributed by atoms with Crippen LogP contribution in [0.2, 0.25) is 0 Å². The van der Waals surface area contributed by atoms with E-state index in [1.54, 1.807) is 5.06 Å². The van der Waals surface area contributed by atoms with Gasteiger partial charge in [0.2, 0.25) is 0 Å². The summed E-state index contributed by atoms with van der Waals surface area (Å²) in [7, 11) is 0. The molecule has 2 fully saturated rings. The molecule has 7 nitrogen and oxygen atoms in total. The van der Waals surface area contributed by atoms with Gasteiger partial charge in [0, 0.05) is 6.61 Å². The number of aliphatic hydroxyl groups excluding tert-OH is 3. The fourth-order valence-corrected chi connectivity index (χ4v) is 3.71. The van der Waals surface area contributed by atoms with Crippen molar-refractivity contribution in [1.29, 1.82) is 0 Å². The number of thioether (sulfide) groups is 1. The van der Waals surface area contributed by atoms with Crippen molar-refractivity contribution in [3.63, 3.8) is 0 Å². The van der Waals surface area contributed by atoms with Crippen LogP contribution in [-0.2, 0) is 9.57 Å². The van der Waals surface area contributed by atoms with E-state index >= 15 is 0 Å². The van der Waals surface area contributed by atoms with Gasteiger partial charge in [0.25, 0.3) is 0 Å². The minimum absolute atomic E-state index is 0.0839. The molecule has 0 aliphatic carbocycles. The zero-order valence-corrected chi connectivity index (χ0v) is 11.2. The zero-order chi connectivity index (χ0) is 13.4. The van der Waals surface area contributed by atoms with Gasteiger partial charge < -0.3 is 20.1 Å². The third-order valence-corrected chi connectivity index (χ3v) is 4.67. The van der Waals surface area contributed by atoms with Crippen LogP contribution in [0, 0.1) is 0 Å². The lowest BCUT2D eigenvalue weighted by atomic mass is 9.96. The van der Waals surface area contributed by atoms with Crippen LogP contribution in [0.3, 0.4) is 0 Å². The quantitative estimate of drug-likeness (QED) is 0.596. The molecule has 0 amide bonds. The molecule has 0 bridgehead atoms.